The molecule has 0 aromatic carbocycles. The van der Waals surface area contributed by atoms with E-state index in [-0.39, 0.29) is 0 Å². The summed E-state index contributed by atoms with van der Waals surface area (Å²) in [5, 5.41) is 0. The lowest BCUT2D eigenvalue weighted by molar-refractivity contribution is 0.640. The van der Waals surface area contributed by atoms with E-state index in [0.717, 1.165) is 12.8 Å². The predicted octanol–water partition coefficient (Wildman–Crippen LogP) is 4.34. The van der Waals surface area contributed by atoms with Crippen molar-refractivity contribution in [2.24, 2.45) is 5.92 Å². The molecule has 0 heterocycles. The number of rotatable bonds is 6. The van der Waals surface area contributed by atoms with Gasteiger partial charge < -0.3 is 0 Å². The van der Waals surface area contributed by atoms with Crippen LogP contribution in [0.25, 0.3) is 0 Å². The van der Waals surface area contributed by atoms with Gasteiger partial charge in [0.2, 0.25) is 0 Å². The first-order valence-corrected chi connectivity index (χ1v) is 4.93. The number of hydrogen-bond donors (Lipinski definition) is 0. The summed E-state index contributed by atoms with van der Waals surface area (Å²) in [5.74, 6) is 0.705. The first-order chi connectivity index (χ1) is 5.57. The first-order valence-electron chi connectivity index (χ1n) is 4.93. The van der Waals surface area contributed by atoms with Crippen molar-refractivity contribution in [3.63, 3.8) is 0 Å². The van der Waals surface area contributed by atoms with E-state index in [2.05, 4.69) is 33.9 Å². The SMILES string of the molecule is C=C(CCCC)C(=C)CC(C)C. The Balaban J connectivity index is 3.70. The average molecular weight is 166 g/mol. The molecule has 0 radical (unpaired) electrons. The standard InChI is InChI=1S/C12H22/c1-6-7-8-11(4)12(5)9-10(2)3/h10H,4-9H2,1-3H3. The van der Waals surface area contributed by atoms with Crippen molar-refractivity contribution in [2.45, 2.75) is 46.5 Å². The van der Waals surface area contributed by atoms with Crippen LogP contribution >= 0.6 is 0 Å². The molecular weight excluding hydrogens is 144 g/mol. The second kappa shape index (κ2) is 6.05. The van der Waals surface area contributed by atoms with Crippen molar-refractivity contribution in [3.8, 4) is 0 Å². The highest BCUT2D eigenvalue weighted by Gasteiger charge is 2.02. The van der Waals surface area contributed by atoms with Crippen LogP contribution in [0.4, 0.5) is 0 Å². The largest absolute Gasteiger partial charge is 0.0956 e. The van der Waals surface area contributed by atoms with Gasteiger partial charge in [0, 0.05) is 0 Å². The lowest BCUT2D eigenvalue weighted by atomic mass is 9.96. The van der Waals surface area contributed by atoms with Gasteiger partial charge in [0.1, 0.15) is 0 Å². The molecule has 0 rings (SSSR count). The van der Waals surface area contributed by atoms with Gasteiger partial charge in [0.05, 0.1) is 0 Å². The van der Waals surface area contributed by atoms with Gasteiger partial charge in [0.15, 0.2) is 0 Å². The van der Waals surface area contributed by atoms with Gasteiger partial charge >= 0.3 is 0 Å². The van der Waals surface area contributed by atoms with Crippen LogP contribution in [-0.4, -0.2) is 0 Å². The summed E-state index contributed by atoms with van der Waals surface area (Å²) >= 11 is 0. The summed E-state index contributed by atoms with van der Waals surface area (Å²) in [6, 6.07) is 0. The molecular formula is C12H22. The smallest absolute Gasteiger partial charge is 0.0259 e. The van der Waals surface area contributed by atoms with Crippen LogP contribution in [0.15, 0.2) is 24.3 Å². The third kappa shape index (κ3) is 5.17. The second-order valence-electron chi connectivity index (χ2n) is 3.91. The number of hydrogen-bond acceptors (Lipinski definition) is 0. The van der Waals surface area contributed by atoms with Crippen molar-refractivity contribution in [1.29, 1.82) is 0 Å². The average Bonchev–Trinajstić information content (AvgIpc) is 1.98. The van der Waals surface area contributed by atoms with E-state index in [1.165, 1.54) is 24.0 Å². The fraction of sp³-hybridized carbons (Fsp3) is 0.667. The third-order valence-electron chi connectivity index (χ3n) is 1.99. The van der Waals surface area contributed by atoms with Crippen molar-refractivity contribution in [1.82, 2.24) is 0 Å². The van der Waals surface area contributed by atoms with Crippen LogP contribution < -0.4 is 0 Å². The molecule has 0 bridgehead atoms. The Morgan fingerprint density at radius 1 is 1.17 bits per heavy atom. The molecule has 0 spiro atoms. The number of allylic oxidation sites excluding steroid dienone is 2. The quantitative estimate of drug-likeness (QED) is 0.515. The maximum atomic E-state index is 4.05. The summed E-state index contributed by atoms with van der Waals surface area (Å²) in [7, 11) is 0. The highest BCUT2D eigenvalue weighted by atomic mass is 14.1. The Morgan fingerprint density at radius 2 is 1.75 bits per heavy atom. The molecule has 0 heteroatoms. The molecule has 0 aliphatic rings. The van der Waals surface area contributed by atoms with Crippen molar-refractivity contribution in [3.05, 3.63) is 24.3 Å². The van der Waals surface area contributed by atoms with Crippen LogP contribution in [0.1, 0.15) is 46.5 Å². The first kappa shape index (κ1) is 11.5. The highest BCUT2D eigenvalue weighted by molar-refractivity contribution is 5.24. The molecule has 0 amide bonds. The van der Waals surface area contributed by atoms with E-state index in [4.69, 9.17) is 0 Å². The molecule has 0 saturated carbocycles. The highest BCUT2D eigenvalue weighted by Crippen LogP contribution is 2.19. The monoisotopic (exact) mass is 166 g/mol. The van der Waals surface area contributed by atoms with Gasteiger partial charge in [-0.2, -0.15) is 0 Å². The van der Waals surface area contributed by atoms with E-state index >= 15 is 0 Å². The van der Waals surface area contributed by atoms with E-state index in [9.17, 15) is 0 Å². The van der Waals surface area contributed by atoms with Gasteiger partial charge in [-0.05, 0) is 25.2 Å². The van der Waals surface area contributed by atoms with Crippen LogP contribution in [0, 0.1) is 5.92 Å². The van der Waals surface area contributed by atoms with Gasteiger partial charge in [-0.1, -0.05) is 51.5 Å². The molecule has 0 aliphatic heterocycles. The molecule has 12 heavy (non-hydrogen) atoms. The molecule has 0 nitrogen and oxygen atoms in total. The lowest BCUT2D eigenvalue weighted by Gasteiger charge is -2.10. The maximum absolute atomic E-state index is 4.05. The van der Waals surface area contributed by atoms with E-state index in [1.807, 2.05) is 0 Å². The van der Waals surface area contributed by atoms with Crippen LogP contribution in [0.2, 0.25) is 0 Å². The minimum atomic E-state index is 0.705. The Labute approximate surface area is 77.4 Å². The molecule has 0 unspecified atom stereocenters. The third-order valence-corrected chi connectivity index (χ3v) is 1.99. The van der Waals surface area contributed by atoms with E-state index in [1.54, 1.807) is 0 Å². The van der Waals surface area contributed by atoms with Crippen molar-refractivity contribution >= 4 is 0 Å². The van der Waals surface area contributed by atoms with E-state index < -0.39 is 0 Å². The summed E-state index contributed by atoms with van der Waals surface area (Å²) in [4.78, 5) is 0. The number of unbranched alkanes of at least 4 members (excludes halogenated alkanes) is 1. The lowest BCUT2D eigenvalue weighted by Crippen LogP contribution is -1.93. The summed E-state index contributed by atoms with van der Waals surface area (Å²) in [6.45, 7) is 14.7. The molecule has 70 valence electrons. The molecule has 0 atom stereocenters. The topological polar surface area (TPSA) is 0 Å². The predicted molar refractivity (Wildman–Crippen MR) is 57.3 cm³/mol. The fourth-order valence-electron chi connectivity index (χ4n) is 1.20. The Bertz CT molecular complexity index is 151. The zero-order chi connectivity index (χ0) is 9.56. The van der Waals surface area contributed by atoms with Gasteiger partial charge in [0.25, 0.3) is 0 Å². The van der Waals surface area contributed by atoms with Gasteiger partial charge in [-0.3, -0.25) is 0 Å². The molecule has 0 fully saturated rings. The minimum absolute atomic E-state index is 0.705. The van der Waals surface area contributed by atoms with Crippen molar-refractivity contribution in [2.75, 3.05) is 0 Å². The normalized spacial score (nSPS) is 10.3. The summed E-state index contributed by atoms with van der Waals surface area (Å²) in [5.41, 5.74) is 2.50. The second-order valence-corrected chi connectivity index (χ2v) is 3.91. The van der Waals surface area contributed by atoms with Crippen LogP contribution in [0.3, 0.4) is 0 Å². The van der Waals surface area contributed by atoms with E-state index in [0.29, 0.717) is 5.92 Å². The minimum Gasteiger partial charge on any atom is -0.0956 e. The molecule has 0 aromatic rings. The van der Waals surface area contributed by atoms with Crippen LogP contribution in [-0.2, 0) is 0 Å². The molecule has 0 N–H and O–H groups in total. The summed E-state index contributed by atoms with van der Waals surface area (Å²) in [6.07, 6.45) is 4.72. The summed E-state index contributed by atoms with van der Waals surface area (Å²) < 4.78 is 0. The van der Waals surface area contributed by atoms with Crippen molar-refractivity contribution < 1.29 is 0 Å². The Kier molecular flexibility index (Phi) is 5.79. The Hall–Kier alpha value is -0.520. The fourth-order valence-corrected chi connectivity index (χ4v) is 1.20. The van der Waals surface area contributed by atoms with Gasteiger partial charge in [-0.25, -0.2) is 0 Å². The zero-order valence-electron chi connectivity index (χ0n) is 8.82. The maximum Gasteiger partial charge on any atom is -0.0259 e. The molecule has 0 aromatic heterocycles. The zero-order valence-corrected chi connectivity index (χ0v) is 8.82. The van der Waals surface area contributed by atoms with Crippen LogP contribution in [0.5, 0.6) is 0 Å². The molecule has 0 aliphatic carbocycles. The Morgan fingerprint density at radius 3 is 2.17 bits per heavy atom. The van der Waals surface area contributed by atoms with Gasteiger partial charge in [-0.15, -0.1) is 0 Å². The molecule has 0 saturated heterocycles.